The Kier molecular flexibility index (Phi) is 4.15. The van der Waals surface area contributed by atoms with E-state index < -0.39 is 10.0 Å². The van der Waals surface area contributed by atoms with Gasteiger partial charge in [0.1, 0.15) is 10.9 Å². The van der Waals surface area contributed by atoms with E-state index in [1.165, 1.54) is 10.9 Å². The summed E-state index contributed by atoms with van der Waals surface area (Å²) in [4.78, 5) is 3.82. The van der Waals surface area contributed by atoms with Gasteiger partial charge in [0.2, 0.25) is 5.03 Å². The number of benzene rings is 1. The maximum Gasteiger partial charge on any atom is 0.282 e. The van der Waals surface area contributed by atoms with Crippen LogP contribution in [0.25, 0.3) is 0 Å². The van der Waals surface area contributed by atoms with Crippen molar-refractivity contribution in [3.8, 4) is 5.75 Å². The van der Waals surface area contributed by atoms with Crippen molar-refractivity contribution in [3.05, 3.63) is 34.7 Å². The molecule has 0 saturated heterocycles. The predicted molar refractivity (Wildman–Crippen MR) is 81.5 cm³/mol. The van der Waals surface area contributed by atoms with E-state index in [-0.39, 0.29) is 10.2 Å². The summed E-state index contributed by atoms with van der Waals surface area (Å²) in [6.45, 7) is 3.67. The molecule has 2 rings (SSSR count). The lowest BCUT2D eigenvalue weighted by molar-refractivity contribution is 0.409. The molecule has 1 N–H and O–H groups in total. The molecule has 0 fully saturated rings. The minimum Gasteiger partial charge on any atom is -0.496 e. The van der Waals surface area contributed by atoms with Gasteiger partial charge in [-0.3, -0.25) is 4.72 Å². The first-order chi connectivity index (χ1) is 9.77. The van der Waals surface area contributed by atoms with E-state index in [0.29, 0.717) is 17.0 Å². The fourth-order valence-corrected chi connectivity index (χ4v) is 3.58. The Morgan fingerprint density at radius 1 is 1.33 bits per heavy atom. The SMILES string of the molecule is COc1c(C)ccc(NS(=O)(=O)c2ncn(C)c2Cl)c1C. The fourth-order valence-electron chi connectivity index (χ4n) is 2.02. The van der Waals surface area contributed by atoms with Crippen LogP contribution in [0, 0.1) is 13.8 Å². The molecule has 0 radical (unpaired) electrons. The average Bonchev–Trinajstić information content (AvgIpc) is 2.75. The smallest absolute Gasteiger partial charge is 0.282 e. The Balaban J connectivity index is 2.45. The number of anilines is 1. The zero-order valence-electron chi connectivity index (χ0n) is 12.1. The predicted octanol–water partition coefficient (Wildman–Crippen LogP) is 2.50. The van der Waals surface area contributed by atoms with Gasteiger partial charge in [-0.1, -0.05) is 17.7 Å². The number of hydrogen-bond acceptors (Lipinski definition) is 4. The zero-order valence-corrected chi connectivity index (χ0v) is 13.7. The second-order valence-corrected chi connectivity index (χ2v) is 6.60. The van der Waals surface area contributed by atoms with Gasteiger partial charge in [-0.05, 0) is 25.5 Å². The molecule has 1 heterocycles. The van der Waals surface area contributed by atoms with Crippen molar-refractivity contribution >= 4 is 27.3 Å². The second kappa shape index (κ2) is 5.57. The van der Waals surface area contributed by atoms with E-state index in [1.54, 1.807) is 33.2 Å². The molecule has 0 bridgehead atoms. The van der Waals surface area contributed by atoms with E-state index in [9.17, 15) is 8.42 Å². The van der Waals surface area contributed by atoms with Gasteiger partial charge in [0.05, 0.1) is 19.1 Å². The van der Waals surface area contributed by atoms with Gasteiger partial charge in [0.25, 0.3) is 10.0 Å². The number of sulfonamides is 1. The molecular formula is C13H16ClN3O3S. The van der Waals surface area contributed by atoms with Crippen LogP contribution in [0.1, 0.15) is 11.1 Å². The number of hydrogen-bond donors (Lipinski definition) is 1. The summed E-state index contributed by atoms with van der Waals surface area (Å²) < 4.78 is 33.9. The Bertz CT molecular complexity index is 784. The van der Waals surface area contributed by atoms with Gasteiger partial charge in [-0.2, -0.15) is 8.42 Å². The Labute approximate surface area is 128 Å². The lowest BCUT2D eigenvalue weighted by atomic mass is 10.1. The number of aryl methyl sites for hydroxylation is 2. The van der Waals surface area contributed by atoms with Crippen molar-refractivity contribution in [2.24, 2.45) is 7.05 Å². The number of imidazole rings is 1. The summed E-state index contributed by atoms with van der Waals surface area (Å²) in [7, 11) is -0.689. The van der Waals surface area contributed by atoms with Crippen LogP contribution in [0.2, 0.25) is 5.15 Å². The molecular weight excluding hydrogens is 314 g/mol. The lowest BCUT2D eigenvalue weighted by Crippen LogP contribution is -2.15. The minimum atomic E-state index is -3.85. The molecule has 0 aliphatic heterocycles. The maximum atomic E-state index is 12.4. The molecule has 2 aromatic rings. The molecule has 21 heavy (non-hydrogen) atoms. The third-order valence-electron chi connectivity index (χ3n) is 3.14. The standard InChI is InChI=1S/C13H16ClN3O3S/c1-8-5-6-10(9(2)11(8)20-4)16-21(18,19)13-12(14)17(3)7-15-13/h5-7,16H,1-4H3. The fraction of sp³-hybridized carbons (Fsp3) is 0.308. The van der Waals surface area contributed by atoms with E-state index >= 15 is 0 Å². The monoisotopic (exact) mass is 329 g/mol. The Morgan fingerprint density at radius 2 is 2.00 bits per heavy atom. The molecule has 6 nitrogen and oxygen atoms in total. The first-order valence-electron chi connectivity index (χ1n) is 6.11. The highest BCUT2D eigenvalue weighted by Crippen LogP contribution is 2.31. The molecule has 0 amide bonds. The van der Waals surface area contributed by atoms with Crippen LogP contribution in [0.15, 0.2) is 23.5 Å². The van der Waals surface area contributed by atoms with E-state index in [2.05, 4.69) is 9.71 Å². The van der Waals surface area contributed by atoms with Crippen LogP contribution in [-0.4, -0.2) is 25.1 Å². The third kappa shape index (κ3) is 2.84. The van der Waals surface area contributed by atoms with Crippen molar-refractivity contribution < 1.29 is 13.2 Å². The molecule has 114 valence electrons. The molecule has 0 spiro atoms. The number of aromatic nitrogens is 2. The number of rotatable bonds is 4. The molecule has 1 aromatic heterocycles. The van der Waals surface area contributed by atoms with Crippen LogP contribution >= 0.6 is 11.6 Å². The van der Waals surface area contributed by atoms with Gasteiger partial charge in [0.15, 0.2) is 0 Å². The highest BCUT2D eigenvalue weighted by Gasteiger charge is 2.23. The van der Waals surface area contributed by atoms with Crippen molar-refractivity contribution in [2.75, 3.05) is 11.8 Å². The second-order valence-electron chi connectivity index (χ2n) is 4.65. The Hall–Kier alpha value is -1.73. The first-order valence-corrected chi connectivity index (χ1v) is 7.98. The quantitative estimate of drug-likeness (QED) is 0.935. The highest BCUT2D eigenvalue weighted by atomic mass is 35.5. The molecule has 8 heteroatoms. The minimum absolute atomic E-state index is 0.0548. The topological polar surface area (TPSA) is 73.2 Å². The Morgan fingerprint density at radius 3 is 2.52 bits per heavy atom. The third-order valence-corrected chi connectivity index (χ3v) is 4.99. The number of nitrogens with one attached hydrogen (secondary N) is 1. The van der Waals surface area contributed by atoms with Gasteiger partial charge >= 0.3 is 0 Å². The number of halogens is 1. The average molecular weight is 330 g/mol. The summed E-state index contributed by atoms with van der Waals surface area (Å²) in [5.41, 5.74) is 2.06. The molecule has 0 saturated carbocycles. The van der Waals surface area contributed by atoms with Crippen molar-refractivity contribution in [1.29, 1.82) is 0 Å². The van der Waals surface area contributed by atoms with Gasteiger partial charge in [0, 0.05) is 12.6 Å². The van der Waals surface area contributed by atoms with Gasteiger partial charge in [-0.25, -0.2) is 4.98 Å². The molecule has 0 unspecified atom stereocenters. The highest BCUT2D eigenvalue weighted by molar-refractivity contribution is 7.92. The van der Waals surface area contributed by atoms with Crippen LogP contribution in [0.3, 0.4) is 0 Å². The van der Waals surface area contributed by atoms with Gasteiger partial charge < -0.3 is 9.30 Å². The summed E-state index contributed by atoms with van der Waals surface area (Å²) in [5.74, 6) is 0.641. The molecule has 0 aliphatic rings. The summed E-state index contributed by atoms with van der Waals surface area (Å²) in [5, 5.41) is -0.148. The van der Waals surface area contributed by atoms with E-state index in [1.807, 2.05) is 6.92 Å². The number of nitrogens with zero attached hydrogens (tertiary/aromatic N) is 2. The van der Waals surface area contributed by atoms with Crippen molar-refractivity contribution in [3.63, 3.8) is 0 Å². The normalized spacial score (nSPS) is 11.5. The summed E-state index contributed by atoms with van der Waals surface area (Å²) in [6, 6.07) is 3.46. The van der Waals surface area contributed by atoms with E-state index in [0.717, 1.165) is 5.56 Å². The van der Waals surface area contributed by atoms with E-state index in [4.69, 9.17) is 16.3 Å². The molecule has 0 aliphatic carbocycles. The van der Waals surface area contributed by atoms with Crippen LogP contribution in [0.5, 0.6) is 5.75 Å². The number of ether oxygens (including phenoxy) is 1. The molecule has 1 aromatic carbocycles. The van der Waals surface area contributed by atoms with Crippen molar-refractivity contribution in [2.45, 2.75) is 18.9 Å². The van der Waals surface area contributed by atoms with Crippen LogP contribution in [0.4, 0.5) is 5.69 Å². The first kappa shape index (κ1) is 15.7. The lowest BCUT2D eigenvalue weighted by Gasteiger charge is -2.14. The molecule has 0 atom stereocenters. The maximum absolute atomic E-state index is 12.4. The van der Waals surface area contributed by atoms with Gasteiger partial charge in [-0.15, -0.1) is 0 Å². The zero-order chi connectivity index (χ0) is 15.8. The van der Waals surface area contributed by atoms with Crippen LogP contribution in [-0.2, 0) is 17.1 Å². The summed E-state index contributed by atoms with van der Waals surface area (Å²) >= 11 is 5.94. The van der Waals surface area contributed by atoms with Crippen LogP contribution < -0.4 is 9.46 Å². The number of methoxy groups -OCH3 is 1. The largest absolute Gasteiger partial charge is 0.496 e. The van der Waals surface area contributed by atoms with Crippen molar-refractivity contribution in [1.82, 2.24) is 9.55 Å². The summed E-state index contributed by atoms with van der Waals surface area (Å²) in [6.07, 6.45) is 1.35.